The quantitative estimate of drug-likeness (QED) is 0.499. The van der Waals surface area contributed by atoms with E-state index in [0.29, 0.717) is 16.6 Å². The predicted octanol–water partition coefficient (Wildman–Crippen LogP) is 3.07. The van der Waals surface area contributed by atoms with Gasteiger partial charge in [0.15, 0.2) is 0 Å². The van der Waals surface area contributed by atoms with Crippen molar-refractivity contribution in [2.45, 2.75) is 26.4 Å². The highest BCUT2D eigenvalue weighted by Gasteiger charge is 2.20. The lowest BCUT2D eigenvalue weighted by Gasteiger charge is -2.19. The van der Waals surface area contributed by atoms with Crippen LogP contribution in [0.4, 0.5) is 10.5 Å². The lowest BCUT2D eigenvalue weighted by atomic mass is 10.2. The number of carbonyl (C=O) groups is 3. The number of hydrogen-bond acceptors (Lipinski definition) is 7. The number of anilines is 1. The summed E-state index contributed by atoms with van der Waals surface area (Å²) < 4.78 is 16.0. The van der Waals surface area contributed by atoms with Gasteiger partial charge in [0.25, 0.3) is 0 Å². The number of benzene rings is 1. The molecule has 0 aliphatic rings. The topological polar surface area (TPSA) is 95.9 Å². The number of nitrogens with one attached hydrogen (secondary N) is 1. The number of fused-ring (bicyclic) bond motifs is 1. The van der Waals surface area contributed by atoms with Crippen LogP contribution in [0.5, 0.6) is 0 Å². The second-order valence-electron chi connectivity index (χ2n) is 6.60. The van der Waals surface area contributed by atoms with Crippen LogP contribution in [0.1, 0.15) is 20.8 Å². The van der Waals surface area contributed by atoms with Crippen LogP contribution < -0.4 is 5.32 Å². The van der Waals surface area contributed by atoms with Crippen molar-refractivity contribution < 1.29 is 28.6 Å². The molecule has 0 radical (unpaired) electrons. The van der Waals surface area contributed by atoms with E-state index in [2.05, 4.69) is 14.8 Å². The number of rotatable bonds is 4. The highest BCUT2D eigenvalue weighted by Crippen LogP contribution is 2.26. The molecule has 0 saturated carbocycles. The summed E-state index contributed by atoms with van der Waals surface area (Å²) in [7, 11) is 2.41. The number of nitrogens with zero attached hydrogens (tertiary/aromatic N) is 1. The van der Waals surface area contributed by atoms with E-state index in [4.69, 9.17) is 4.74 Å². The second kappa shape index (κ2) is 7.94. The first-order valence-corrected chi connectivity index (χ1v) is 8.14. The third kappa shape index (κ3) is 4.87. The number of aromatic nitrogens is 1. The van der Waals surface area contributed by atoms with E-state index < -0.39 is 23.6 Å². The smallest absolute Gasteiger partial charge is 0.418 e. The van der Waals surface area contributed by atoms with E-state index in [9.17, 15) is 14.4 Å². The van der Waals surface area contributed by atoms with Crippen molar-refractivity contribution in [2.75, 3.05) is 19.5 Å². The van der Waals surface area contributed by atoms with Gasteiger partial charge < -0.3 is 19.5 Å². The molecule has 144 valence electrons. The van der Waals surface area contributed by atoms with Crippen molar-refractivity contribution in [3.05, 3.63) is 42.2 Å². The average molecular weight is 374 g/mol. The lowest BCUT2D eigenvalue weighted by molar-refractivity contribution is -0.138. The minimum absolute atomic E-state index is 0.0955. The van der Waals surface area contributed by atoms with Gasteiger partial charge in [-0.15, -0.1) is 0 Å². The molecule has 0 fully saturated rings. The highest BCUT2D eigenvalue weighted by atomic mass is 16.6. The molecule has 0 atom stereocenters. The molecular weight excluding hydrogens is 352 g/mol. The van der Waals surface area contributed by atoms with Crippen molar-refractivity contribution in [1.29, 1.82) is 0 Å². The van der Waals surface area contributed by atoms with Crippen LogP contribution in [0.3, 0.4) is 0 Å². The molecule has 1 aromatic heterocycles. The van der Waals surface area contributed by atoms with E-state index in [0.717, 1.165) is 6.08 Å². The molecule has 2 rings (SSSR count). The maximum atomic E-state index is 12.4. The molecule has 1 aromatic carbocycles. The molecule has 1 heterocycles. The standard InChI is InChI=1S/C19H22N2O6/c1-19(2,3)27-18(24)21-10-9-12-13(7-6-8-15(12)21)20-14(17(23)26-5)11-16(22)25-4/h6-11,20H,1-5H3/b14-11+. The first-order chi connectivity index (χ1) is 12.7. The first kappa shape index (κ1) is 20.0. The van der Waals surface area contributed by atoms with Crippen LogP contribution in [0.15, 0.2) is 42.2 Å². The normalized spacial score (nSPS) is 11.8. The summed E-state index contributed by atoms with van der Waals surface area (Å²) >= 11 is 0. The van der Waals surface area contributed by atoms with Gasteiger partial charge in [-0.3, -0.25) is 4.57 Å². The van der Waals surface area contributed by atoms with Crippen molar-refractivity contribution in [2.24, 2.45) is 0 Å². The molecule has 2 aromatic rings. The molecule has 1 N–H and O–H groups in total. The molecule has 0 bridgehead atoms. The summed E-state index contributed by atoms with van der Waals surface area (Å²) in [6, 6.07) is 6.86. The Labute approximate surface area is 156 Å². The molecule has 8 heteroatoms. The Hall–Kier alpha value is -3.29. The molecular formula is C19H22N2O6. The fourth-order valence-electron chi connectivity index (χ4n) is 2.32. The van der Waals surface area contributed by atoms with E-state index in [1.54, 1.807) is 51.2 Å². The van der Waals surface area contributed by atoms with Crippen LogP contribution in [0.2, 0.25) is 0 Å². The molecule has 0 saturated heterocycles. The number of methoxy groups -OCH3 is 2. The van der Waals surface area contributed by atoms with Crippen LogP contribution in [-0.2, 0) is 23.8 Å². The summed E-state index contributed by atoms with van der Waals surface area (Å²) in [6.45, 7) is 5.34. The highest BCUT2D eigenvalue weighted by molar-refractivity contribution is 6.03. The molecule has 8 nitrogen and oxygen atoms in total. The zero-order valence-corrected chi connectivity index (χ0v) is 15.9. The van der Waals surface area contributed by atoms with Crippen LogP contribution in [0.25, 0.3) is 10.9 Å². The molecule has 0 amide bonds. The van der Waals surface area contributed by atoms with Gasteiger partial charge in [0.1, 0.15) is 11.3 Å². The minimum atomic E-state index is -0.732. The number of carbonyl (C=O) groups excluding carboxylic acids is 3. The SMILES string of the molecule is COC(=O)/C=C(/Nc1cccc2c1ccn2C(=O)OC(C)(C)C)C(=O)OC. The second-order valence-corrected chi connectivity index (χ2v) is 6.60. The fourth-order valence-corrected chi connectivity index (χ4v) is 2.32. The summed E-state index contributed by atoms with van der Waals surface area (Å²) in [5.41, 5.74) is 0.360. The van der Waals surface area contributed by atoms with Crippen LogP contribution in [0, 0.1) is 0 Å². The Morgan fingerprint density at radius 3 is 2.37 bits per heavy atom. The Bertz CT molecular complexity index is 905. The maximum absolute atomic E-state index is 12.4. The minimum Gasteiger partial charge on any atom is -0.466 e. The summed E-state index contributed by atoms with van der Waals surface area (Å²) in [4.78, 5) is 35.8. The summed E-state index contributed by atoms with van der Waals surface area (Å²) in [6.07, 6.45) is 2.05. The third-order valence-corrected chi connectivity index (χ3v) is 3.46. The lowest BCUT2D eigenvalue weighted by Crippen LogP contribution is -2.26. The van der Waals surface area contributed by atoms with E-state index in [1.807, 2.05) is 0 Å². The van der Waals surface area contributed by atoms with Crippen LogP contribution >= 0.6 is 0 Å². The Morgan fingerprint density at radius 2 is 1.78 bits per heavy atom. The molecule has 0 aliphatic heterocycles. The van der Waals surface area contributed by atoms with Gasteiger partial charge in [0.05, 0.1) is 25.8 Å². The monoisotopic (exact) mass is 374 g/mol. The Morgan fingerprint density at radius 1 is 1.07 bits per heavy atom. The third-order valence-electron chi connectivity index (χ3n) is 3.46. The van der Waals surface area contributed by atoms with E-state index in [1.165, 1.54) is 18.8 Å². The number of esters is 2. The molecule has 27 heavy (non-hydrogen) atoms. The van der Waals surface area contributed by atoms with Gasteiger partial charge in [-0.2, -0.15) is 0 Å². The van der Waals surface area contributed by atoms with Crippen molar-refractivity contribution in [3.8, 4) is 0 Å². The largest absolute Gasteiger partial charge is 0.466 e. The summed E-state index contributed by atoms with van der Waals surface area (Å²) in [5.74, 6) is -1.44. The molecule has 0 unspecified atom stereocenters. The van der Waals surface area contributed by atoms with Gasteiger partial charge in [-0.05, 0) is 39.0 Å². The van der Waals surface area contributed by atoms with Crippen molar-refractivity contribution in [1.82, 2.24) is 4.57 Å². The Kier molecular flexibility index (Phi) is 5.89. The summed E-state index contributed by atoms with van der Waals surface area (Å²) in [5, 5.41) is 3.51. The number of hydrogen-bond donors (Lipinski definition) is 1. The van der Waals surface area contributed by atoms with Gasteiger partial charge in [0.2, 0.25) is 0 Å². The fraction of sp³-hybridized carbons (Fsp3) is 0.316. The first-order valence-electron chi connectivity index (χ1n) is 8.14. The average Bonchev–Trinajstić information content (AvgIpc) is 3.04. The molecule has 0 spiro atoms. The zero-order chi connectivity index (χ0) is 20.2. The van der Waals surface area contributed by atoms with Crippen molar-refractivity contribution >= 4 is 34.6 Å². The number of ether oxygens (including phenoxy) is 3. The van der Waals surface area contributed by atoms with E-state index >= 15 is 0 Å². The van der Waals surface area contributed by atoms with Gasteiger partial charge in [-0.1, -0.05) is 6.07 Å². The molecule has 0 aliphatic carbocycles. The van der Waals surface area contributed by atoms with Crippen molar-refractivity contribution in [3.63, 3.8) is 0 Å². The van der Waals surface area contributed by atoms with Gasteiger partial charge >= 0.3 is 18.0 Å². The maximum Gasteiger partial charge on any atom is 0.418 e. The zero-order valence-electron chi connectivity index (χ0n) is 15.9. The van der Waals surface area contributed by atoms with Crippen LogP contribution in [-0.4, -0.2) is 42.4 Å². The van der Waals surface area contributed by atoms with Gasteiger partial charge in [0, 0.05) is 17.3 Å². The van der Waals surface area contributed by atoms with Gasteiger partial charge in [-0.25, -0.2) is 14.4 Å². The van der Waals surface area contributed by atoms with E-state index in [-0.39, 0.29) is 5.70 Å². The Balaban J connectivity index is 2.42. The predicted molar refractivity (Wildman–Crippen MR) is 99.3 cm³/mol.